The molecule has 0 radical (unpaired) electrons. The lowest BCUT2D eigenvalue weighted by atomic mass is 10.0. The first-order valence-electron chi connectivity index (χ1n) is 9.06. The topological polar surface area (TPSA) is 48.3 Å². The van der Waals surface area contributed by atoms with Gasteiger partial charge in [-0.15, -0.1) is 0 Å². The van der Waals surface area contributed by atoms with E-state index in [0.29, 0.717) is 5.75 Å². The Morgan fingerprint density at radius 3 is 2.59 bits per heavy atom. The van der Waals surface area contributed by atoms with Crippen LogP contribution in [0.2, 0.25) is 0 Å². The molecule has 0 atom stereocenters. The van der Waals surface area contributed by atoms with Crippen LogP contribution in [0.25, 0.3) is 16.9 Å². The van der Waals surface area contributed by atoms with Crippen LogP contribution in [0.5, 0.6) is 11.5 Å². The lowest BCUT2D eigenvalue weighted by Crippen LogP contribution is -2.07. The third-order valence-corrected chi connectivity index (χ3v) is 5.58. The Balaban J connectivity index is 1.93. The van der Waals surface area contributed by atoms with Crippen molar-refractivity contribution in [2.75, 3.05) is 26.1 Å². The second-order valence-corrected chi connectivity index (χ2v) is 7.73. The van der Waals surface area contributed by atoms with Crippen molar-refractivity contribution in [3.8, 4) is 28.4 Å². The van der Waals surface area contributed by atoms with Gasteiger partial charge in [-0.05, 0) is 78.3 Å². The molecule has 1 aromatic heterocycles. The summed E-state index contributed by atoms with van der Waals surface area (Å²) in [6.07, 6.45) is 3.27. The van der Waals surface area contributed by atoms with E-state index in [1.807, 2.05) is 22.9 Å². The van der Waals surface area contributed by atoms with Crippen molar-refractivity contribution in [3.05, 3.63) is 51.6 Å². The molecule has 2 heterocycles. The first kappa shape index (κ1) is 18.2. The molecule has 140 valence electrons. The molecule has 3 aromatic rings. The van der Waals surface area contributed by atoms with Gasteiger partial charge in [0.15, 0.2) is 11.5 Å². The molecule has 2 aromatic carbocycles. The molecule has 0 unspecified atom stereocenters. The first-order valence-corrected chi connectivity index (χ1v) is 10.1. The molecule has 1 aliphatic heterocycles. The maximum atomic E-state index is 5.68. The number of nitrogens with one attached hydrogen (secondary N) is 1. The molecule has 6 heteroatoms. The van der Waals surface area contributed by atoms with Crippen molar-refractivity contribution in [2.24, 2.45) is 0 Å². The number of fused-ring (bicyclic) bond motifs is 1. The van der Waals surface area contributed by atoms with Crippen LogP contribution in [0.15, 0.2) is 42.5 Å². The number of hydrogen-bond donors (Lipinski definition) is 1. The Morgan fingerprint density at radius 1 is 1.04 bits per heavy atom. The minimum Gasteiger partial charge on any atom is -0.493 e. The lowest BCUT2D eigenvalue weighted by molar-refractivity contribution is 0.356. The molecule has 1 aliphatic rings. The normalized spacial score (nSPS) is 13.4. The van der Waals surface area contributed by atoms with Gasteiger partial charge in [0.25, 0.3) is 0 Å². The summed E-state index contributed by atoms with van der Waals surface area (Å²) >= 11 is 2.32. The average molecular weight is 475 g/mol. The zero-order valence-electron chi connectivity index (χ0n) is 15.5. The van der Waals surface area contributed by atoms with Crippen LogP contribution in [-0.4, -0.2) is 30.5 Å². The fraction of sp³-hybridized carbons (Fsp3) is 0.286. The van der Waals surface area contributed by atoms with Gasteiger partial charge in [0, 0.05) is 21.2 Å². The summed E-state index contributed by atoms with van der Waals surface area (Å²) in [4.78, 5) is 0. The predicted molar refractivity (Wildman–Crippen MR) is 116 cm³/mol. The molecule has 4 rings (SSSR count). The predicted octanol–water partition coefficient (Wildman–Crippen LogP) is 4.91. The molecule has 0 aliphatic carbocycles. The summed E-state index contributed by atoms with van der Waals surface area (Å²) < 4.78 is 14.4. The van der Waals surface area contributed by atoms with Crippen molar-refractivity contribution in [1.29, 1.82) is 0 Å². The van der Waals surface area contributed by atoms with Gasteiger partial charge in [-0.1, -0.05) is 6.07 Å². The molecule has 5 nitrogen and oxygen atoms in total. The highest BCUT2D eigenvalue weighted by Crippen LogP contribution is 2.42. The molecule has 0 bridgehead atoms. The fourth-order valence-electron chi connectivity index (χ4n) is 3.56. The number of hydrogen-bond acceptors (Lipinski definition) is 4. The van der Waals surface area contributed by atoms with Gasteiger partial charge in [0.2, 0.25) is 0 Å². The van der Waals surface area contributed by atoms with E-state index in [2.05, 4.69) is 52.2 Å². The highest BCUT2D eigenvalue weighted by molar-refractivity contribution is 14.1. The maximum Gasteiger partial charge on any atom is 0.170 e. The SMILES string of the molecule is COc1cccc(-c2nn(-c3ccc(I)cc3)c3c2CCCCN3)c1OC. The number of methoxy groups -OCH3 is 2. The third-order valence-electron chi connectivity index (χ3n) is 4.86. The quantitative estimate of drug-likeness (QED) is 0.545. The van der Waals surface area contributed by atoms with Crippen LogP contribution in [-0.2, 0) is 6.42 Å². The standard InChI is InChI=1S/C21H22IN3O2/c1-26-18-8-5-7-16(20(18)27-2)19-17-6-3-4-13-23-21(17)25(24-19)15-11-9-14(22)10-12-15/h5,7-12,23H,3-4,6,13H2,1-2H3. The number of halogens is 1. The van der Waals surface area contributed by atoms with Crippen molar-refractivity contribution in [2.45, 2.75) is 19.3 Å². The van der Waals surface area contributed by atoms with Gasteiger partial charge in [-0.25, -0.2) is 4.68 Å². The molecule has 0 amide bonds. The van der Waals surface area contributed by atoms with Gasteiger partial charge in [0.05, 0.1) is 19.9 Å². The highest BCUT2D eigenvalue weighted by atomic mass is 127. The Labute approximate surface area is 172 Å². The van der Waals surface area contributed by atoms with Crippen LogP contribution < -0.4 is 14.8 Å². The molecule has 0 spiro atoms. The van der Waals surface area contributed by atoms with Gasteiger partial charge < -0.3 is 14.8 Å². The summed E-state index contributed by atoms with van der Waals surface area (Å²) in [6, 6.07) is 14.4. The lowest BCUT2D eigenvalue weighted by Gasteiger charge is -2.12. The number of nitrogens with zero attached hydrogens (tertiary/aromatic N) is 2. The van der Waals surface area contributed by atoms with Crippen LogP contribution in [0, 0.1) is 3.57 Å². The van der Waals surface area contributed by atoms with E-state index in [0.717, 1.165) is 54.3 Å². The number of anilines is 1. The molecule has 0 saturated carbocycles. The van der Waals surface area contributed by atoms with Gasteiger partial charge in [0.1, 0.15) is 11.5 Å². The largest absolute Gasteiger partial charge is 0.493 e. The minimum atomic E-state index is 0.717. The molecular formula is C21H22IN3O2. The fourth-order valence-corrected chi connectivity index (χ4v) is 3.92. The van der Waals surface area contributed by atoms with Crippen LogP contribution >= 0.6 is 22.6 Å². The Bertz CT molecular complexity index is 951. The highest BCUT2D eigenvalue weighted by Gasteiger charge is 2.24. The van der Waals surface area contributed by atoms with E-state index in [1.54, 1.807) is 14.2 Å². The van der Waals surface area contributed by atoms with E-state index >= 15 is 0 Å². The molecule has 0 saturated heterocycles. The number of aromatic nitrogens is 2. The third kappa shape index (κ3) is 3.38. The summed E-state index contributed by atoms with van der Waals surface area (Å²) in [5.74, 6) is 2.52. The van der Waals surface area contributed by atoms with Crippen LogP contribution in [0.3, 0.4) is 0 Å². The number of rotatable bonds is 4. The minimum absolute atomic E-state index is 0.717. The number of benzene rings is 2. The summed E-state index contributed by atoms with van der Waals surface area (Å²) in [7, 11) is 3.34. The summed E-state index contributed by atoms with van der Waals surface area (Å²) in [5, 5.41) is 8.59. The first-order chi connectivity index (χ1) is 13.2. The molecule has 1 N–H and O–H groups in total. The van der Waals surface area contributed by atoms with Gasteiger partial charge >= 0.3 is 0 Å². The number of para-hydroxylation sites is 1. The second kappa shape index (κ2) is 7.80. The summed E-state index contributed by atoms with van der Waals surface area (Å²) in [5.41, 5.74) is 4.20. The van der Waals surface area contributed by atoms with Crippen LogP contribution in [0.4, 0.5) is 5.82 Å². The van der Waals surface area contributed by atoms with Gasteiger partial charge in [-0.2, -0.15) is 5.10 Å². The molecule has 27 heavy (non-hydrogen) atoms. The maximum absolute atomic E-state index is 5.68. The number of ether oxygens (including phenoxy) is 2. The van der Waals surface area contributed by atoms with E-state index in [-0.39, 0.29) is 0 Å². The Morgan fingerprint density at radius 2 is 1.85 bits per heavy atom. The molecule has 0 fully saturated rings. The second-order valence-electron chi connectivity index (χ2n) is 6.49. The smallest absolute Gasteiger partial charge is 0.170 e. The zero-order valence-corrected chi connectivity index (χ0v) is 17.6. The van der Waals surface area contributed by atoms with Crippen molar-refractivity contribution in [1.82, 2.24) is 9.78 Å². The van der Waals surface area contributed by atoms with Crippen molar-refractivity contribution in [3.63, 3.8) is 0 Å². The molecular weight excluding hydrogens is 453 g/mol. The van der Waals surface area contributed by atoms with E-state index in [1.165, 1.54) is 9.13 Å². The van der Waals surface area contributed by atoms with Gasteiger partial charge in [-0.3, -0.25) is 0 Å². The van der Waals surface area contributed by atoms with E-state index in [9.17, 15) is 0 Å². The average Bonchev–Trinajstić information content (AvgIpc) is 2.88. The Hall–Kier alpha value is -2.22. The van der Waals surface area contributed by atoms with Crippen molar-refractivity contribution >= 4 is 28.4 Å². The summed E-state index contributed by atoms with van der Waals surface area (Å²) in [6.45, 7) is 0.956. The van der Waals surface area contributed by atoms with Crippen molar-refractivity contribution < 1.29 is 9.47 Å². The monoisotopic (exact) mass is 475 g/mol. The van der Waals surface area contributed by atoms with E-state index in [4.69, 9.17) is 14.6 Å². The van der Waals surface area contributed by atoms with Crippen LogP contribution in [0.1, 0.15) is 18.4 Å². The van der Waals surface area contributed by atoms with E-state index < -0.39 is 0 Å². The zero-order chi connectivity index (χ0) is 18.8. The Kier molecular flexibility index (Phi) is 5.24.